The number of likely N-dealkylation sites (tertiary alicyclic amines) is 1. The fourth-order valence-electron chi connectivity index (χ4n) is 5.85. The Morgan fingerprint density at radius 2 is 1.75 bits per heavy atom. The highest BCUT2D eigenvalue weighted by Gasteiger charge is 2.48. The van der Waals surface area contributed by atoms with Crippen LogP contribution in [0.2, 0.25) is 0 Å². The second kappa shape index (κ2) is 9.91. The van der Waals surface area contributed by atoms with Crippen molar-refractivity contribution in [3.05, 3.63) is 47.1 Å². The SMILES string of the molecule is CN1CCN(c2ccc(-n3ncc4c(=O)n(CC5(O)CCN(C(=O)C6(C)CC6)CC5)cnc43)cc2)CC1C(F)F. The first kappa shape index (κ1) is 26.8. The molecule has 1 atom stereocenters. The molecule has 4 heterocycles. The zero-order chi connectivity index (χ0) is 28.2. The number of halogens is 2. The smallest absolute Gasteiger partial charge is 0.264 e. The van der Waals surface area contributed by atoms with Crippen LogP contribution in [-0.4, -0.2) is 98.0 Å². The molecule has 1 aromatic carbocycles. The Morgan fingerprint density at radius 3 is 2.40 bits per heavy atom. The number of hydrogen-bond acceptors (Lipinski definition) is 7. The van der Waals surface area contributed by atoms with E-state index in [4.69, 9.17) is 0 Å². The maximum atomic E-state index is 13.4. The Labute approximate surface area is 230 Å². The number of nitrogens with zero attached hydrogens (tertiary/aromatic N) is 7. The molecule has 1 saturated carbocycles. The summed E-state index contributed by atoms with van der Waals surface area (Å²) in [4.78, 5) is 35.9. The topological polar surface area (TPSA) is 99.7 Å². The van der Waals surface area contributed by atoms with Gasteiger partial charge >= 0.3 is 0 Å². The first-order valence-electron chi connectivity index (χ1n) is 13.9. The Morgan fingerprint density at radius 1 is 1.07 bits per heavy atom. The minimum atomic E-state index is -2.41. The monoisotopic (exact) mass is 555 g/mol. The van der Waals surface area contributed by atoms with Crippen molar-refractivity contribution in [1.82, 2.24) is 29.1 Å². The van der Waals surface area contributed by atoms with Crippen LogP contribution in [0.5, 0.6) is 0 Å². The van der Waals surface area contributed by atoms with Gasteiger partial charge in [0.15, 0.2) is 5.65 Å². The molecular weight excluding hydrogens is 520 g/mol. The van der Waals surface area contributed by atoms with Gasteiger partial charge in [0.2, 0.25) is 5.91 Å². The number of fused-ring (bicyclic) bond motifs is 1. The average Bonchev–Trinajstić information content (AvgIpc) is 3.55. The summed E-state index contributed by atoms with van der Waals surface area (Å²) in [5, 5.41) is 16.0. The van der Waals surface area contributed by atoms with Gasteiger partial charge < -0.3 is 14.9 Å². The molecule has 214 valence electrons. The third-order valence-electron chi connectivity index (χ3n) is 8.96. The fourth-order valence-corrected chi connectivity index (χ4v) is 5.85. The van der Waals surface area contributed by atoms with Gasteiger partial charge in [-0.1, -0.05) is 6.92 Å². The Bertz CT molecular complexity index is 1460. The molecule has 0 bridgehead atoms. The summed E-state index contributed by atoms with van der Waals surface area (Å²) < 4.78 is 29.8. The summed E-state index contributed by atoms with van der Waals surface area (Å²) in [5.41, 5.74) is 0.324. The van der Waals surface area contributed by atoms with Crippen LogP contribution in [0.3, 0.4) is 0 Å². The van der Waals surface area contributed by atoms with Crippen molar-refractivity contribution in [3.8, 4) is 5.69 Å². The van der Waals surface area contributed by atoms with Gasteiger partial charge in [0, 0.05) is 43.8 Å². The van der Waals surface area contributed by atoms with Gasteiger partial charge in [-0.15, -0.1) is 0 Å². The quantitative estimate of drug-likeness (QED) is 0.498. The molecule has 0 radical (unpaired) electrons. The Kier molecular flexibility index (Phi) is 6.65. The molecule has 2 saturated heterocycles. The van der Waals surface area contributed by atoms with Gasteiger partial charge in [-0.25, -0.2) is 18.4 Å². The van der Waals surface area contributed by atoms with E-state index in [0.29, 0.717) is 55.7 Å². The lowest BCUT2D eigenvalue weighted by Gasteiger charge is -2.40. The molecule has 6 rings (SSSR count). The van der Waals surface area contributed by atoms with Crippen LogP contribution in [0.15, 0.2) is 41.6 Å². The second-order valence-electron chi connectivity index (χ2n) is 11.9. The van der Waals surface area contributed by atoms with Gasteiger partial charge in [-0.05, 0) is 57.0 Å². The first-order valence-corrected chi connectivity index (χ1v) is 13.9. The molecule has 2 aliphatic heterocycles. The minimum Gasteiger partial charge on any atom is -0.388 e. The van der Waals surface area contributed by atoms with Crippen LogP contribution in [-0.2, 0) is 11.3 Å². The molecule has 12 heteroatoms. The molecule has 1 amide bonds. The number of carbonyl (C=O) groups excluding carboxylic acids is 1. The van der Waals surface area contributed by atoms with Crippen molar-refractivity contribution in [1.29, 1.82) is 0 Å². The minimum absolute atomic E-state index is 0.0958. The predicted octanol–water partition coefficient (Wildman–Crippen LogP) is 2.12. The van der Waals surface area contributed by atoms with Crippen LogP contribution in [0.25, 0.3) is 16.7 Å². The molecule has 40 heavy (non-hydrogen) atoms. The van der Waals surface area contributed by atoms with Gasteiger partial charge in [0.1, 0.15) is 11.7 Å². The number of anilines is 1. The van der Waals surface area contributed by atoms with Gasteiger partial charge in [0.05, 0.1) is 30.1 Å². The van der Waals surface area contributed by atoms with E-state index < -0.39 is 18.1 Å². The van der Waals surface area contributed by atoms with Crippen LogP contribution >= 0.6 is 0 Å². The number of hydrogen-bond donors (Lipinski definition) is 1. The number of likely N-dealkylation sites (N-methyl/N-ethyl adjacent to an activating group) is 1. The number of alkyl halides is 2. The average molecular weight is 556 g/mol. The Hall–Kier alpha value is -3.38. The van der Waals surface area contributed by atoms with Crippen molar-refractivity contribution < 1.29 is 18.7 Å². The third kappa shape index (κ3) is 4.87. The summed E-state index contributed by atoms with van der Waals surface area (Å²) in [6.07, 6.45) is 3.14. The number of piperidine rings is 1. The highest BCUT2D eigenvalue weighted by Crippen LogP contribution is 2.47. The van der Waals surface area contributed by atoms with E-state index in [2.05, 4.69) is 10.1 Å². The molecule has 3 aromatic rings. The fraction of sp³-hybridized carbons (Fsp3) is 0.571. The highest BCUT2D eigenvalue weighted by molar-refractivity contribution is 5.85. The van der Waals surface area contributed by atoms with Gasteiger partial charge in [-0.2, -0.15) is 5.10 Å². The van der Waals surface area contributed by atoms with E-state index >= 15 is 0 Å². The number of carbonyl (C=O) groups is 1. The number of piperazine rings is 1. The molecule has 3 fully saturated rings. The lowest BCUT2D eigenvalue weighted by molar-refractivity contribution is -0.141. The molecule has 1 aliphatic carbocycles. The summed E-state index contributed by atoms with van der Waals surface area (Å²) in [6, 6.07) is 6.60. The van der Waals surface area contributed by atoms with Gasteiger partial charge in [0.25, 0.3) is 12.0 Å². The summed E-state index contributed by atoms with van der Waals surface area (Å²) in [7, 11) is 1.72. The molecule has 3 aliphatic rings. The lowest BCUT2D eigenvalue weighted by atomic mass is 9.90. The van der Waals surface area contributed by atoms with Crippen molar-refractivity contribution >= 4 is 22.6 Å². The molecule has 1 unspecified atom stereocenters. The number of aromatic nitrogens is 4. The predicted molar refractivity (Wildman–Crippen MR) is 146 cm³/mol. The normalized spacial score (nSPS) is 22.7. The standard InChI is InChI=1S/C28H35F2N7O3/c1-27(7-8-27)26(39)34-11-9-28(40,10-12-34)17-36-18-31-24-21(25(36)38)15-32-37(24)20-5-3-19(4-6-20)35-14-13-33(2)22(16-35)23(29)30/h3-6,15,18,22-23,40H,7-14,16-17H2,1-2H3. The van der Waals surface area contributed by atoms with Crippen LogP contribution in [0, 0.1) is 5.41 Å². The van der Waals surface area contributed by atoms with Crippen LogP contribution in [0.1, 0.15) is 32.6 Å². The molecule has 10 nitrogen and oxygen atoms in total. The molecule has 2 aromatic heterocycles. The number of rotatable bonds is 6. The molecule has 0 spiro atoms. The zero-order valence-corrected chi connectivity index (χ0v) is 22.8. The largest absolute Gasteiger partial charge is 0.388 e. The maximum Gasteiger partial charge on any atom is 0.264 e. The van der Waals surface area contributed by atoms with E-state index in [9.17, 15) is 23.5 Å². The summed E-state index contributed by atoms with van der Waals surface area (Å²) in [6.45, 7) is 4.49. The first-order chi connectivity index (χ1) is 19.1. The number of aliphatic hydroxyl groups is 1. The molecule has 1 N–H and O–H groups in total. The van der Waals surface area contributed by atoms with Crippen molar-refractivity contribution in [3.63, 3.8) is 0 Å². The number of amides is 1. The molecular formula is C28H35F2N7O3. The summed E-state index contributed by atoms with van der Waals surface area (Å²) in [5.74, 6) is 0.163. The Balaban J connectivity index is 1.16. The highest BCUT2D eigenvalue weighted by atomic mass is 19.3. The van der Waals surface area contributed by atoms with Crippen LogP contribution in [0.4, 0.5) is 14.5 Å². The van der Waals surface area contributed by atoms with Crippen molar-refractivity contribution in [2.24, 2.45) is 5.41 Å². The van der Waals surface area contributed by atoms with E-state index in [1.54, 1.807) is 16.6 Å². The summed E-state index contributed by atoms with van der Waals surface area (Å²) >= 11 is 0. The zero-order valence-electron chi connectivity index (χ0n) is 22.8. The maximum absolute atomic E-state index is 13.4. The lowest BCUT2D eigenvalue weighted by Crippen LogP contribution is -2.54. The van der Waals surface area contributed by atoms with E-state index in [1.807, 2.05) is 41.0 Å². The van der Waals surface area contributed by atoms with E-state index in [0.717, 1.165) is 18.5 Å². The second-order valence-corrected chi connectivity index (χ2v) is 11.9. The third-order valence-corrected chi connectivity index (χ3v) is 8.96. The van der Waals surface area contributed by atoms with Crippen LogP contribution < -0.4 is 10.5 Å². The van der Waals surface area contributed by atoms with E-state index in [-0.39, 0.29) is 30.0 Å². The number of benzene rings is 1. The van der Waals surface area contributed by atoms with Crippen molar-refractivity contribution in [2.45, 2.75) is 57.2 Å². The van der Waals surface area contributed by atoms with Crippen molar-refractivity contribution in [2.75, 3.05) is 44.7 Å². The van der Waals surface area contributed by atoms with E-state index in [1.165, 1.54) is 17.1 Å². The van der Waals surface area contributed by atoms with Gasteiger partial charge in [-0.3, -0.25) is 19.1 Å².